The zero-order valence-electron chi connectivity index (χ0n) is 15.7. The predicted molar refractivity (Wildman–Crippen MR) is 99.2 cm³/mol. The zero-order valence-corrected chi connectivity index (χ0v) is 15.7. The van der Waals surface area contributed by atoms with Gasteiger partial charge < -0.3 is 10.1 Å². The summed E-state index contributed by atoms with van der Waals surface area (Å²) in [5.74, 6) is 3.12. The quantitative estimate of drug-likeness (QED) is 0.801. The molecule has 1 aliphatic rings. The van der Waals surface area contributed by atoms with E-state index in [1.165, 1.54) is 18.4 Å². The maximum atomic E-state index is 12.7. The number of nitrogens with one attached hydrogen (secondary N) is 1. The normalized spacial score (nSPS) is 24.0. The van der Waals surface area contributed by atoms with Crippen molar-refractivity contribution in [1.82, 2.24) is 5.32 Å². The Morgan fingerprint density at radius 3 is 2.83 bits per heavy atom. The van der Waals surface area contributed by atoms with Gasteiger partial charge in [-0.3, -0.25) is 4.79 Å². The lowest BCUT2D eigenvalue weighted by atomic mass is 9.70. The molecule has 3 heteroatoms. The first-order chi connectivity index (χ1) is 11.5. The highest BCUT2D eigenvalue weighted by molar-refractivity contribution is 5.79. The maximum Gasteiger partial charge on any atom is 0.223 e. The van der Waals surface area contributed by atoms with Crippen LogP contribution < -0.4 is 10.1 Å². The highest BCUT2D eigenvalue weighted by atomic mass is 16.5. The van der Waals surface area contributed by atoms with Gasteiger partial charge in [-0.05, 0) is 61.6 Å². The lowest BCUT2D eigenvalue weighted by Gasteiger charge is -2.36. The van der Waals surface area contributed by atoms with Gasteiger partial charge in [0.1, 0.15) is 5.75 Å². The molecule has 1 amide bonds. The molecule has 0 spiro atoms. The minimum atomic E-state index is 0.184. The van der Waals surface area contributed by atoms with Gasteiger partial charge in [0.05, 0.1) is 6.61 Å². The highest BCUT2D eigenvalue weighted by Crippen LogP contribution is 2.38. The van der Waals surface area contributed by atoms with E-state index in [0.29, 0.717) is 30.9 Å². The van der Waals surface area contributed by atoms with Crippen LogP contribution in [0.2, 0.25) is 0 Å². The topological polar surface area (TPSA) is 38.3 Å². The molecule has 0 bridgehead atoms. The van der Waals surface area contributed by atoms with Crippen LogP contribution in [-0.2, 0) is 11.2 Å². The van der Waals surface area contributed by atoms with E-state index in [1.807, 2.05) is 19.1 Å². The Kier molecular flexibility index (Phi) is 7.14. The van der Waals surface area contributed by atoms with E-state index >= 15 is 0 Å². The Morgan fingerprint density at radius 1 is 1.33 bits per heavy atom. The molecule has 2 rings (SSSR count). The highest BCUT2D eigenvalue weighted by Gasteiger charge is 2.35. The minimum Gasteiger partial charge on any atom is -0.494 e. The van der Waals surface area contributed by atoms with Crippen LogP contribution in [0, 0.1) is 23.7 Å². The van der Waals surface area contributed by atoms with Gasteiger partial charge in [-0.25, -0.2) is 0 Å². The summed E-state index contributed by atoms with van der Waals surface area (Å²) in [6.07, 6.45) is 4.33. The molecule has 1 aromatic carbocycles. The summed E-state index contributed by atoms with van der Waals surface area (Å²) < 4.78 is 5.53. The van der Waals surface area contributed by atoms with Crippen LogP contribution in [0.5, 0.6) is 5.75 Å². The third-order valence-electron chi connectivity index (χ3n) is 5.28. The fourth-order valence-electron chi connectivity index (χ4n) is 3.92. The predicted octanol–water partition coefficient (Wildman–Crippen LogP) is 4.45. The summed E-state index contributed by atoms with van der Waals surface area (Å²) in [5, 5.41) is 3.18. The third-order valence-corrected chi connectivity index (χ3v) is 5.28. The van der Waals surface area contributed by atoms with Crippen LogP contribution in [0.1, 0.15) is 52.5 Å². The van der Waals surface area contributed by atoms with Gasteiger partial charge in [-0.1, -0.05) is 39.3 Å². The molecular weight excluding hydrogens is 298 g/mol. The van der Waals surface area contributed by atoms with Crippen molar-refractivity contribution < 1.29 is 9.53 Å². The Balaban J connectivity index is 1.86. The summed E-state index contributed by atoms with van der Waals surface area (Å²) in [6.45, 7) is 10.1. The van der Waals surface area contributed by atoms with Crippen molar-refractivity contribution >= 4 is 5.91 Å². The average Bonchev–Trinajstić information content (AvgIpc) is 2.55. The van der Waals surface area contributed by atoms with Crippen molar-refractivity contribution in [3.63, 3.8) is 0 Å². The summed E-state index contributed by atoms with van der Waals surface area (Å²) in [6, 6.07) is 8.14. The van der Waals surface area contributed by atoms with E-state index in [9.17, 15) is 4.79 Å². The molecule has 0 unspecified atom stereocenters. The Labute approximate surface area is 147 Å². The first-order valence-electron chi connectivity index (χ1n) is 9.50. The molecule has 1 fully saturated rings. The van der Waals surface area contributed by atoms with Crippen molar-refractivity contribution in [2.75, 3.05) is 13.2 Å². The summed E-state index contributed by atoms with van der Waals surface area (Å²) >= 11 is 0. The summed E-state index contributed by atoms with van der Waals surface area (Å²) in [7, 11) is 0. The monoisotopic (exact) mass is 331 g/mol. The molecule has 0 heterocycles. The SMILES string of the molecule is CCOc1cccc(CCNC(=O)[C@@H]2C[C@H](C)CC[C@H]2C(C)C)c1. The smallest absolute Gasteiger partial charge is 0.223 e. The molecule has 0 saturated heterocycles. The lowest BCUT2D eigenvalue weighted by molar-refractivity contribution is -0.129. The van der Waals surface area contributed by atoms with Gasteiger partial charge in [0.15, 0.2) is 0 Å². The van der Waals surface area contributed by atoms with Gasteiger partial charge in [0, 0.05) is 12.5 Å². The van der Waals surface area contributed by atoms with Crippen LogP contribution >= 0.6 is 0 Å². The summed E-state index contributed by atoms with van der Waals surface area (Å²) in [4.78, 5) is 12.7. The van der Waals surface area contributed by atoms with E-state index in [4.69, 9.17) is 4.74 Å². The van der Waals surface area contributed by atoms with Crippen molar-refractivity contribution in [3.8, 4) is 5.75 Å². The molecule has 1 aromatic rings. The minimum absolute atomic E-state index is 0.184. The number of carbonyl (C=O) groups excluding carboxylic acids is 1. The van der Waals surface area contributed by atoms with Gasteiger partial charge in [-0.15, -0.1) is 0 Å². The standard InChI is InChI=1S/C21H33NO2/c1-5-24-18-8-6-7-17(14-18)11-12-22-21(23)20-13-16(4)9-10-19(20)15(2)3/h6-8,14-16,19-20H,5,9-13H2,1-4H3,(H,22,23)/t16-,19+,20-/m1/s1. The van der Waals surface area contributed by atoms with Gasteiger partial charge in [0.2, 0.25) is 5.91 Å². The molecule has 134 valence electrons. The average molecular weight is 332 g/mol. The molecule has 24 heavy (non-hydrogen) atoms. The van der Waals surface area contributed by atoms with Crippen LogP contribution in [0.15, 0.2) is 24.3 Å². The number of amides is 1. The number of rotatable bonds is 7. The van der Waals surface area contributed by atoms with E-state index in [2.05, 4.69) is 38.2 Å². The number of benzene rings is 1. The summed E-state index contributed by atoms with van der Waals surface area (Å²) in [5.41, 5.74) is 1.21. The number of ether oxygens (including phenoxy) is 1. The Hall–Kier alpha value is -1.51. The fraction of sp³-hybridized carbons (Fsp3) is 0.667. The van der Waals surface area contributed by atoms with Crippen LogP contribution in [0.3, 0.4) is 0 Å². The second-order valence-electron chi connectivity index (χ2n) is 7.55. The van der Waals surface area contributed by atoms with Crippen LogP contribution in [0.4, 0.5) is 0 Å². The maximum absolute atomic E-state index is 12.7. The molecule has 0 aromatic heterocycles. The molecule has 3 nitrogen and oxygen atoms in total. The van der Waals surface area contributed by atoms with Gasteiger partial charge >= 0.3 is 0 Å². The molecule has 3 atom stereocenters. The van der Waals surface area contributed by atoms with Crippen molar-refractivity contribution in [1.29, 1.82) is 0 Å². The molecule has 1 aliphatic carbocycles. The molecule has 1 N–H and O–H groups in total. The van der Waals surface area contributed by atoms with E-state index in [1.54, 1.807) is 0 Å². The van der Waals surface area contributed by atoms with Crippen LogP contribution in [-0.4, -0.2) is 19.1 Å². The lowest BCUT2D eigenvalue weighted by Crippen LogP contribution is -2.40. The molecule has 0 radical (unpaired) electrons. The number of hydrogen-bond donors (Lipinski definition) is 1. The zero-order chi connectivity index (χ0) is 17.5. The van der Waals surface area contributed by atoms with Gasteiger partial charge in [0.25, 0.3) is 0 Å². The number of hydrogen-bond acceptors (Lipinski definition) is 2. The first kappa shape index (κ1) is 18.8. The van der Waals surface area contributed by atoms with E-state index in [-0.39, 0.29) is 11.8 Å². The first-order valence-corrected chi connectivity index (χ1v) is 9.50. The third kappa shape index (κ3) is 5.25. The fourth-order valence-corrected chi connectivity index (χ4v) is 3.92. The molecule has 0 aliphatic heterocycles. The largest absolute Gasteiger partial charge is 0.494 e. The molecule has 1 saturated carbocycles. The van der Waals surface area contributed by atoms with Crippen LogP contribution in [0.25, 0.3) is 0 Å². The van der Waals surface area contributed by atoms with E-state index < -0.39 is 0 Å². The van der Waals surface area contributed by atoms with Crippen molar-refractivity contribution in [3.05, 3.63) is 29.8 Å². The van der Waals surface area contributed by atoms with Crippen molar-refractivity contribution in [2.45, 2.75) is 53.4 Å². The van der Waals surface area contributed by atoms with E-state index in [0.717, 1.165) is 18.6 Å². The van der Waals surface area contributed by atoms with Crippen molar-refractivity contribution in [2.24, 2.45) is 23.7 Å². The second kappa shape index (κ2) is 9.10. The number of carbonyl (C=O) groups is 1. The Bertz CT molecular complexity index is 526. The second-order valence-corrected chi connectivity index (χ2v) is 7.55. The molecular formula is C21H33NO2. The Morgan fingerprint density at radius 2 is 2.12 bits per heavy atom. The van der Waals surface area contributed by atoms with Gasteiger partial charge in [-0.2, -0.15) is 0 Å².